The Bertz CT molecular complexity index is 1220. The van der Waals surface area contributed by atoms with Crippen LogP contribution in [0.15, 0.2) is 70.4 Å². The number of benzene rings is 2. The molecule has 0 saturated heterocycles. The Balaban J connectivity index is 1.57. The first-order valence-electron chi connectivity index (χ1n) is 10.1. The molecule has 4 rings (SSSR count). The summed E-state index contributed by atoms with van der Waals surface area (Å²) >= 11 is 1.33. The van der Waals surface area contributed by atoms with Crippen molar-refractivity contribution in [2.45, 2.75) is 25.5 Å². The molecule has 0 aliphatic carbocycles. The van der Waals surface area contributed by atoms with E-state index in [4.69, 9.17) is 9.15 Å². The molecule has 0 aliphatic heterocycles. The minimum absolute atomic E-state index is 0.102. The van der Waals surface area contributed by atoms with Gasteiger partial charge in [0.25, 0.3) is 0 Å². The number of nitrogens with zero attached hydrogens (tertiary/aromatic N) is 3. The number of carbonyl (C=O) groups excluding carboxylic acids is 1. The van der Waals surface area contributed by atoms with Gasteiger partial charge in [0, 0.05) is 5.69 Å². The molecule has 8 heteroatoms. The number of furan rings is 1. The van der Waals surface area contributed by atoms with Crippen molar-refractivity contribution in [1.82, 2.24) is 14.8 Å². The second-order valence-corrected chi connectivity index (χ2v) is 8.20. The van der Waals surface area contributed by atoms with Crippen molar-refractivity contribution in [3.8, 4) is 17.1 Å². The van der Waals surface area contributed by atoms with E-state index < -0.39 is 0 Å². The molecule has 164 valence electrons. The standard InChI is InChI=1S/C24H24N4O3S/c1-16-8-6-11-20(17(16)2)25-22(29)15-32-24-27-26-23(19-10-4-5-12-21(19)30-3)28(24)14-18-9-7-13-31-18/h4-13H,14-15H2,1-3H3,(H,25,29). The highest BCUT2D eigenvalue weighted by Gasteiger charge is 2.19. The summed E-state index contributed by atoms with van der Waals surface area (Å²) in [4.78, 5) is 12.6. The summed E-state index contributed by atoms with van der Waals surface area (Å²) in [5.41, 5.74) is 3.84. The Morgan fingerprint density at radius 1 is 1.09 bits per heavy atom. The molecule has 4 aromatic rings. The molecule has 7 nitrogen and oxygen atoms in total. The lowest BCUT2D eigenvalue weighted by Crippen LogP contribution is -2.15. The predicted octanol–water partition coefficient (Wildman–Crippen LogP) is 4.94. The van der Waals surface area contributed by atoms with Gasteiger partial charge in [-0.3, -0.25) is 9.36 Å². The second kappa shape index (κ2) is 9.74. The molecule has 1 amide bonds. The number of nitrogens with one attached hydrogen (secondary N) is 1. The number of amides is 1. The highest BCUT2D eigenvalue weighted by atomic mass is 32.2. The number of ether oxygens (including phenoxy) is 1. The second-order valence-electron chi connectivity index (χ2n) is 7.26. The van der Waals surface area contributed by atoms with Gasteiger partial charge in [-0.15, -0.1) is 10.2 Å². The summed E-state index contributed by atoms with van der Waals surface area (Å²) in [6.45, 7) is 4.46. The smallest absolute Gasteiger partial charge is 0.234 e. The van der Waals surface area contributed by atoms with Crippen LogP contribution >= 0.6 is 11.8 Å². The van der Waals surface area contributed by atoms with E-state index >= 15 is 0 Å². The summed E-state index contributed by atoms with van der Waals surface area (Å²) in [6, 6.07) is 17.2. The van der Waals surface area contributed by atoms with Crippen LogP contribution in [0.3, 0.4) is 0 Å². The maximum absolute atomic E-state index is 12.6. The van der Waals surface area contributed by atoms with Gasteiger partial charge in [-0.05, 0) is 55.3 Å². The fraction of sp³-hybridized carbons (Fsp3) is 0.208. The van der Waals surface area contributed by atoms with Gasteiger partial charge in [0.2, 0.25) is 5.91 Å². The van der Waals surface area contributed by atoms with Crippen LogP contribution in [0.1, 0.15) is 16.9 Å². The van der Waals surface area contributed by atoms with Crippen LogP contribution in [-0.4, -0.2) is 33.5 Å². The number of aromatic nitrogens is 3. The van der Waals surface area contributed by atoms with E-state index in [2.05, 4.69) is 15.5 Å². The number of para-hydroxylation sites is 1. The first-order valence-corrected chi connectivity index (χ1v) is 11.1. The first kappa shape index (κ1) is 21.7. The summed E-state index contributed by atoms with van der Waals surface area (Å²) in [7, 11) is 1.62. The van der Waals surface area contributed by atoms with Crippen molar-refractivity contribution in [3.05, 3.63) is 77.7 Å². The molecule has 2 heterocycles. The van der Waals surface area contributed by atoms with Crippen LogP contribution in [0, 0.1) is 13.8 Å². The summed E-state index contributed by atoms with van der Waals surface area (Å²) in [5, 5.41) is 12.4. The average molecular weight is 449 g/mol. The van der Waals surface area contributed by atoms with E-state index in [0.29, 0.717) is 23.3 Å². The van der Waals surface area contributed by atoms with Gasteiger partial charge in [-0.25, -0.2) is 0 Å². The Hall–Kier alpha value is -3.52. The quantitative estimate of drug-likeness (QED) is 0.384. The SMILES string of the molecule is COc1ccccc1-c1nnc(SCC(=O)Nc2cccc(C)c2C)n1Cc1ccco1. The lowest BCUT2D eigenvalue weighted by molar-refractivity contribution is -0.113. The minimum Gasteiger partial charge on any atom is -0.496 e. The highest BCUT2D eigenvalue weighted by molar-refractivity contribution is 7.99. The molecule has 0 bridgehead atoms. The third-order valence-corrected chi connectivity index (χ3v) is 6.14. The molecule has 0 saturated carbocycles. The van der Waals surface area contributed by atoms with Crippen LogP contribution in [0.4, 0.5) is 5.69 Å². The maximum atomic E-state index is 12.6. The third kappa shape index (κ3) is 4.70. The number of hydrogen-bond acceptors (Lipinski definition) is 6. The topological polar surface area (TPSA) is 82.2 Å². The molecule has 0 atom stereocenters. The lowest BCUT2D eigenvalue weighted by atomic mass is 10.1. The van der Waals surface area contributed by atoms with Gasteiger partial charge >= 0.3 is 0 Å². The number of rotatable bonds is 8. The van der Waals surface area contributed by atoms with E-state index in [1.165, 1.54) is 11.8 Å². The van der Waals surface area contributed by atoms with Crippen LogP contribution in [0.2, 0.25) is 0 Å². The zero-order chi connectivity index (χ0) is 22.5. The van der Waals surface area contributed by atoms with E-state index in [-0.39, 0.29) is 11.7 Å². The molecule has 1 N–H and O–H groups in total. The molecule has 2 aromatic heterocycles. The van der Waals surface area contributed by atoms with Crippen LogP contribution < -0.4 is 10.1 Å². The Labute approximate surface area is 190 Å². The zero-order valence-electron chi connectivity index (χ0n) is 18.2. The third-order valence-electron chi connectivity index (χ3n) is 5.17. The van der Waals surface area contributed by atoms with Crippen LogP contribution in [0.25, 0.3) is 11.4 Å². The molecule has 2 aromatic carbocycles. The minimum atomic E-state index is -0.102. The van der Waals surface area contributed by atoms with E-state index in [1.807, 2.05) is 73.0 Å². The largest absolute Gasteiger partial charge is 0.496 e. The fourth-order valence-electron chi connectivity index (χ4n) is 3.33. The van der Waals surface area contributed by atoms with Gasteiger partial charge in [0.1, 0.15) is 11.5 Å². The van der Waals surface area contributed by atoms with E-state index in [1.54, 1.807) is 13.4 Å². The predicted molar refractivity (Wildman–Crippen MR) is 125 cm³/mol. The van der Waals surface area contributed by atoms with Crippen molar-refractivity contribution >= 4 is 23.4 Å². The molecule has 0 aliphatic rings. The Morgan fingerprint density at radius 3 is 2.72 bits per heavy atom. The van der Waals surface area contributed by atoms with Crippen molar-refractivity contribution < 1.29 is 13.9 Å². The van der Waals surface area contributed by atoms with Gasteiger partial charge in [0.05, 0.1) is 31.2 Å². The maximum Gasteiger partial charge on any atom is 0.234 e. The number of methoxy groups -OCH3 is 1. The normalized spacial score (nSPS) is 10.8. The summed E-state index contributed by atoms with van der Waals surface area (Å²) in [5.74, 6) is 2.22. The molecule has 32 heavy (non-hydrogen) atoms. The molecule has 0 spiro atoms. The van der Waals surface area contributed by atoms with Gasteiger partial charge in [-0.2, -0.15) is 0 Å². The molecule has 0 radical (unpaired) electrons. The van der Waals surface area contributed by atoms with Gasteiger partial charge in [0.15, 0.2) is 11.0 Å². The molecule has 0 unspecified atom stereocenters. The van der Waals surface area contributed by atoms with Crippen molar-refractivity contribution in [2.75, 3.05) is 18.2 Å². The van der Waals surface area contributed by atoms with Gasteiger partial charge in [-0.1, -0.05) is 36.0 Å². The van der Waals surface area contributed by atoms with Crippen molar-refractivity contribution in [2.24, 2.45) is 0 Å². The lowest BCUT2D eigenvalue weighted by Gasteiger charge is -2.12. The number of carbonyl (C=O) groups is 1. The van der Waals surface area contributed by atoms with E-state index in [9.17, 15) is 4.79 Å². The number of thioether (sulfide) groups is 1. The van der Waals surface area contributed by atoms with Crippen molar-refractivity contribution in [3.63, 3.8) is 0 Å². The Morgan fingerprint density at radius 2 is 1.94 bits per heavy atom. The molecule has 0 fully saturated rings. The number of aryl methyl sites for hydroxylation is 1. The van der Waals surface area contributed by atoms with E-state index in [0.717, 1.165) is 28.1 Å². The molecular formula is C24H24N4O3S. The van der Waals surface area contributed by atoms with Crippen molar-refractivity contribution in [1.29, 1.82) is 0 Å². The van der Waals surface area contributed by atoms with Crippen LogP contribution in [0.5, 0.6) is 5.75 Å². The number of anilines is 1. The summed E-state index contributed by atoms with van der Waals surface area (Å²) in [6.07, 6.45) is 1.63. The summed E-state index contributed by atoms with van der Waals surface area (Å²) < 4.78 is 13.0. The van der Waals surface area contributed by atoms with Crippen LogP contribution in [-0.2, 0) is 11.3 Å². The molecular weight excluding hydrogens is 424 g/mol. The first-order chi connectivity index (χ1) is 15.6. The fourth-order valence-corrected chi connectivity index (χ4v) is 4.07. The number of hydrogen-bond donors (Lipinski definition) is 1. The Kier molecular flexibility index (Phi) is 6.61. The van der Waals surface area contributed by atoms with Gasteiger partial charge < -0.3 is 14.5 Å². The monoisotopic (exact) mass is 448 g/mol. The zero-order valence-corrected chi connectivity index (χ0v) is 19.0. The highest BCUT2D eigenvalue weighted by Crippen LogP contribution is 2.31. The average Bonchev–Trinajstić information content (AvgIpc) is 3.46.